The van der Waals surface area contributed by atoms with E-state index in [-0.39, 0.29) is 5.78 Å². The summed E-state index contributed by atoms with van der Waals surface area (Å²) in [5, 5.41) is 0. The van der Waals surface area contributed by atoms with Crippen LogP contribution in [0.25, 0.3) is 0 Å². The molecule has 0 aliphatic heterocycles. The van der Waals surface area contributed by atoms with Gasteiger partial charge in [-0.15, -0.1) is 0 Å². The molecule has 0 saturated carbocycles. The van der Waals surface area contributed by atoms with E-state index in [1.54, 1.807) is 36.4 Å². The van der Waals surface area contributed by atoms with Gasteiger partial charge in [-0.1, -0.05) is 18.2 Å². The van der Waals surface area contributed by atoms with Gasteiger partial charge in [0.05, 0.1) is 5.56 Å². The largest absolute Gasteiger partial charge is 0.423 e. The lowest BCUT2D eigenvalue weighted by Gasteiger charge is -2.06. The van der Waals surface area contributed by atoms with Crippen molar-refractivity contribution in [2.75, 3.05) is 0 Å². The summed E-state index contributed by atoms with van der Waals surface area (Å²) < 4.78 is 5.27. The molecule has 3 heteroatoms. The van der Waals surface area contributed by atoms with Crippen molar-refractivity contribution in [2.45, 2.75) is 13.8 Å². The summed E-state index contributed by atoms with van der Waals surface area (Å²) in [6.07, 6.45) is 0. The summed E-state index contributed by atoms with van der Waals surface area (Å²) in [5.41, 5.74) is 2.00. The number of ketones is 1. The van der Waals surface area contributed by atoms with Gasteiger partial charge in [0, 0.05) is 5.56 Å². The number of aryl methyl sites for hydroxylation is 1. The van der Waals surface area contributed by atoms with E-state index in [4.69, 9.17) is 4.74 Å². The number of carbonyl (C=O) groups is 2. The molecule has 0 atom stereocenters. The predicted octanol–water partition coefficient (Wildman–Crippen LogP) is 3.42. The number of esters is 1. The van der Waals surface area contributed by atoms with Crippen molar-refractivity contribution in [1.29, 1.82) is 0 Å². The van der Waals surface area contributed by atoms with Gasteiger partial charge < -0.3 is 4.74 Å². The van der Waals surface area contributed by atoms with Gasteiger partial charge in [-0.05, 0) is 49.7 Å². The molecule has 0 bridgehead atoms. The zero-order chi connectivity index (χ0) is 13.8. The molecule has 0 heterocycles. The third-order valence-electron chi connectivity index (χ3n) is 2.84. The highest BCUT2D eigenvalue weighted by atomic mass is 16.5. The number of hydrogen-bond acceptors (Lipinski definition) is 3. The topological polar surface area (TPSA) is 43.4 Å². The van der Waals surface area contributed by atoms with Crippen molar-refractivity contribution in [1.82, 2.24) is 0 Å². The van der Waals surface area contributed by atoms with Gasteiger partial charge >= 0.3 is 5.97 Å². The Kier molecular flexibility index (Phi) is 3.76. The third-order valence-corrected chi connectivity index (χ3v) is 2.84. The predicted molar refractivity (Wildman–Crippen MR) is 72.6 cm³/mol. The summed E-state index contributed by atoms with van der Waals surface area (Å²) in [6.45, 7) is 3.35. The number of rotatable bonds is 3. The number of ether oxygens (including phenoxy) is 1. The second kappa shape index (κ2) is 5.48. The molecule has 2 rings (SSSR count). The minimum absolute atomic E-state index is 0.0169. The van der Waals surface area contributed by atoms with E-state index in [0.29, 0.717) is 16.9 Å². The molecule has 19 heavy (non-hydrogen) atoms. The first-order valence-corrected chi connectivity index (χ1v) is 5.97. The van der Waals surface area contributed by atoms with Gasteiger partial charge in [0.2, 0.25) is 0 Å². The molecule has 2 aromatic rings. The maximum atomic E-state index is 12.0. The highest BCUT2D eigenvalue weighted by molar-refractivity contribution is 5.94. The summed E-state index contributed by atoms with van der Waals surface area (Å²) in [6, 6.07) is 13.8. The number of carbonyl (C=O) groups excluding carboxylic acids is 2. The minimum Gasteiger partial charge on any atom is -0.423 e. The van der Waals surface area contributed by atoms with Crippen LogP contribution in [0.3, 0.4) is 0 Å². The lowest BCUT2D eigenvalue weighted by molar-refractivity contribution is 0.0734. The van der Waals surface area contributed by atoms with Gasteiger partial charge in [0.25, 0.3) is 0 Å². The molecule has 2 aromatic carbocycles. The normalized spacial score (nSPS) is 10.0. The van der Waals surface area contributed by atoms with E-state index in [9.17, 15) is 9.59 Å². The zero-order valence-corrected chi connectivity index (χ0v) is 10.8. The Balaban J connectivity index is 2.15. The van der Waals surface area contributed by atoms with Crippen LogP contribution in [0, 0.1) is 6.92 Å². The van der Waals surface area contributed by atoms with E-state index in [1.807, 2.05) is 19.1 Å². The third kappa shape index (κ3) is 3.07. The molecular formula is C16H14O3. The van der Waals surface area contributed by atoms with E-state index < -0.39 is 5.97 Å². The fourth-order valence-corrected chi connectivity index (χ4v) is 1.72. The zero-order valence-electron chi connectivity index (χ0n) is 10.8. The molecule has 0 spiro atoms. The van der Waals surface area contributed by atoms with E-state index in [1.165, 1.54) is 6.92 Å². The van der Waals surface area contributed by atoms with Crippen molar-refractivity contribution in [2.24, 2.45) is 0 Å². The maximum Gasteiger partial charge on any atom is 0.343 e. The van der Waals surface area contributed by atoms with Crippen LogP contribution < -0.4 is 4.74 Å². The van der Waals surface area contributed by atoms with Crippen LogP contribution >= 0.6 is 0 Å². The summed E-state index contributed by atoms with van der Waals surface area (Å²) in [5.74, 6) is 0.0173. The first-order chi connectivity index (χ1) is 9.08. The minimum atomic E-state index is -0.395. The maximum absolute atomic E-state index is 12.0. The average molecular weight is 254 g/mol. The number of hydrogen-bond donors (Lipinski definition) is 0. The van der Waals surface area contributed by atoms with Crippen LogP contribution in [-0.2, 0) is 0 Å². The lowest BCUT2D eigenvalue weighted by Crippen LogP contribution is -2.10. The summed E-state index contributed by atoms with van der Waals surface area (Å²) in [7, 11) is 0. The second-order valence-corrected chi connectivity index (χ2v) is 4.29. The second-order valence-electron chi connectivity index (χ2n) is 4.29. The van der Waals surface area contributed by atoms with Crippen LogP contribution in [-0.4, -0.2) is 11.8 Å². The first kappa shape index (κ1) is 13.0. The monoisotopic (exact) mass is 254 g/mol. The highest BCUT2D eigenvalue weighted by Crippen LogP contribution is 2.16. The molecule has 0 fully saturated rings. The summed E-state index contributed by atoms with van der Waals surface area (Å²) in [4.78, 5) is 23.1. The fourth-order valence-electron chi connectivity index (χ4n) is 1.72. The van der Waals surface area contributed by atoms with Crippen molar-refractivity contribution >= 4 is 11.8 Å². The van der Waals surface area contributed by atoms with Crippen LogP contribution in [0.15, 0.2) is 48.5 Å². The smallest absolute Gasteiger partial charge is 0.343 e. The Morgan fingerprint density at radius 2 is 1.58 bits per heavy atom. The van der Waals surface area contributed by atoms with Crippen LogP contribution in [0.1, 0.15) is 33.2 Å². The molecule has 0 unspecified atom stereocenters. The molecule has 0 radical (unpaired) electrons. The Morgan fingerprint density at radius 1 is 0.947 bits per heavy atom. The molecule has 0 N–H and O–H groups in total. The summed E-state index contributed by atoms with van der Waals surface area (Å²) >= 11 is 0. The van der Waals surface area contributed by atoms with Gasteiger partial charge in [-0.25, -0.2) is 4.79 Å². The number of Topliss-reactive ketones (excluding diaryl/α,β-unsaturated/α-hetero) is 1. The molecular weight excluding hydrogens is 240 g/mol. The van der Waals surface area contributed by atoms with Crippen molar-refractivity contribution in [3.63, 3.8) is 0 Å². The highest BCUT2D eigenvalue weighted by Gasteiger charge is 2.11. The quantitative estimate of drug-likeness (QED) is 0.479. The van der Waals surface area contributed by atoms with E-state index in [0.717, 1.165) is 5.56 Å². The number of benzene rings is 2. The molecule has 96 valence electrons. The molecule has 0 amide bonds. The van der Waals surface area contributed by atoms with Crippen molar-refractivity contribution in [3.05, 3.63) is 65.2 Å². The van der Waals surface area contributed by atoms with E-state index in [2.05, 4.69) is 0 Å². The Bertz CT molecular complexity index is 612. The molecule has 0 aromatic heterocycles. The van der Waals surface area contributed by atoms with Gasteiger partial charge in [-0.2, -0.15) is 0 Å². The molecule has 0 saturated heterocycles. The van der Waals surface area contributed by atoms with Gasteiger partial charge in [0.1, 0.15) is 5.75 Å². The first-order valence-electron chi connectivity index (χ1n) is 5.97. The molecule has 0 aliphatic rings. The lowest BCUT2D eigenvalue weighted by atomic mass is 10.1. The van der Waals surface area contributed by atoms with Crippen LogP contribution in [0.4, 0.5) is 0 Å². The fraction of sp³-hybridized carbons (Fsp3) is 0.125. The Hall–Kier alpha value is -2.42. The van der Waals surface area contributed by atoms with E-state index >= 15 is 0 Å². The van der Waals surface area contributed by atoms with Crippen LogP contribution in [0.5, 0.6) is 5.75 Å². The Morgan fingerprint density at radius 3 is 2.16 bits per heavy atom. The van der Waals surface area contributed by atoms with Crippen molar-refractivity contribution < 1.29 is 14.3 Å². The van der Waals surface area contributed by atoms with Gasteiger partial charge in [0.15, 0.2) is 5.78 Å². The van der Waals surface area contributed by atoms with Crippen LogP contribution in [0.2, 0.25) is 0 Å². The standard InChI is InChI=1S/C16H14O3/c1-11-5-3-4-6-15(11)16(18)19-14-9-7-13(8-10-14)12(2)17/h3-10H,1-2H3. The Labute approximate surface area is 111 Å². The SMILES string of the molecule is CC(=O)c1ccc(OC(=O)c2ccccc2C)cc1. The van der Waals surface area contributed by atoms with Gasteiger partial charge in [-0.3, -0.25) is 4.79 Å². The van der Waals surface area contributed by atoms with Crippen molar-refractivity contribution in [3.8, 4) is 5.75 Å². The average Bonchev–Trinajstić information content (AvgIpc) is 2.39. The molecule has 0 aliphatic carbocycles. The molecule has 3 nitrogen and oxygen atoms in total.